The largest absolute Gasteiger partial charge is 0.449 e. The van der Waals surface area contributed by atoms with E-state index in [1.54, 1.807) is 0 Å². The highest BCUT2D eigenvalue weighted by atomic mass is 35.5. The number of nitrogens with zero attached hydrogens (tertiary/aromatic N) is 1. The molecule has 2 amide bonds. The van der Waals surface area contributed by atoms with Gasteiger partial charge in [-0.1, -0.05) is 82.9 Å². The summed E-state index contributed by atoms with van der Waals surface area (Å²) in [5.74, 6) is 0.0336. The number of likely N-dealkylation sites (tertiary alicyclic amines) is 1. The first-order valence-corrected chi connectivity index (χ1v) is 16.9. The molecule has 0 bridgehead atoms. The highest BCUT2D eigenvalue weighted by Crippen LogP contribution is 2.38. The standard InChI is InChI=1S/C37H35Cl3N2O4/c38-27-14-10-24(11-15-27)18-29(41-37(45)34-21-33(43)31-19-28(39)20-32(40)36(31)46-34)17-23-8-12-25(13-9-23)30-6-2-1-5-26(30)22-42-16-4-3-7-35(42)44/h1-2,5-6,10-11,14-15,17,19-21,25,29H,3-4,7-9,12-13,16,18,22H2,(H,41,45)/t25?,29-/m0/s1. The fraction of sp³-hybridized carbons (Fsp3) is 0.324. The molecule has 1 aliphatic heterocycles. The fourth-order valence-electron chi connectivity index (χ4n) is 6.62. The second-order valence-electron chi connectivity index (χ2n) is 12.2. The summed E-state index contributed by atoms with van der Waals surface area (Å²) in [6.45, 7) is 1.50. The van der Waals surface area contributed by atoms with Crippen LogP contribution in [0.4, 0.5) is 0 Å². The Labute approximate surface area is 283 Å². The molecule has 4 aromatic rings. The highest BCUT2D eigenvalue weighted by molar-refractivity contribution is 6.38. The normalized spacial score (nSPS) is 17.6. The number of carbonyl (C=O) groups is 2. The Balaban J connectivity index is 1.20. The monoisotopic (exact) mass is 676 g/mol. The zero-order valence-electron chi connectivity index (χ0n) is 25.4. The van der Waals surface area contributed by atoms with Crippen molar-refractivity contribution in [2.75, 3.05) is 6.54 Å². The third kappa shape index (κ3) is 7.68. The van der Waals surface area contributed by atoms with Crippen LogP contribution in [-0.4, -0.2) is 29.3 Å². The number of carbonyl (C=O) groups excluding carboxylic acids is 2. The smallest absolute Gasteiger partial charge is 0.287 e. The van der Waals surface area contributed by atoms with Gasteiger partial charge in [0, 0.05) is 35.6 Å². The number of rotatable bonds is 8. The Hall–Kier alpha value is -3.58. The maximum absolute atomic E-state index is 13.5. The summed E-state index contributed by atoms with van der Waals surface area (Å²) in [6, 6.07) is 19.9. The average Bonchev–Trinajstić information content (AvgIpc) is 3.04. The summed E-state index contributed by atoms with van der Waals surface area (Å²) in [6.07, 6.45) is 9.14. The topological polar surface area (TPSA) is 79.6 Å². The molecule has 2 heterocycles. The molecule has 1 atom stereocenters. The molecule has 1 saturated carbocycles. The van der Waals surface area contributed by atoms with Crippen molar-refractivity contribution >= 4 is 57.6 Å². The zero-order valence-corrected chi connectivity index (χ0v) is 27.6. The van der Waals surface area contributed by atoms with Crippen molar-refractivity contribution in [1.29, 1.82) is 0 Å². The predicted molar refractivity (Wildman–Crippen MR) is 184 cm³/mol. The first-order chi connectivity index (χ1) is 22.2. The molecular weight excluding hydrogens is 643 g/mol. The van der Waals surface area contributed by atoms with Gasteiger partial charge in [-0.15, -0.1) is 0 Å². The van der Waals surface area contributed by atoms with Crippen molar-refractivity contribution < 1.29 is 14.0 Å². The van der Waals surface area contributed by atoms with Gasteiger partial charge < -0.3 is 14.6 Å². The van der Waals surface area contributed by atoms with E-state index in [0.29, 0.717) is 35.3 Å². The maximum Gasteiger partial charge on any atom is 0.287 e. The second kappa shape index (κ2) is 14.5. The van der Waals surface area contributed by atoms with Crippen molar-refractivity contribution in [2.24, 2.45) is 0 Å². The number of hydrogen-bond acceptors (Lipinski definition) is 4. The number of nitrogens with one attached hydrogen (secondary N) is 1. The van der Waals surface area contributed by atoms with Gasteiger partial charge in [0.05, 0.1) is 16.5 Å². The number of hydrogen-bond donors (Lipinski definition) is 1. The fourth-order valence-corrected chi connectivity index (χ4v) is 7.28. The van der Waals surface area contributed by atoms with Crippen molar-refractivity contribution in [3.8, 4) is 0 Å². The van der Waals surface area contributed by atoms with Crippen LogP contribution in [0, 0.1) is 0 Å². The van der Waals surface area contributed by atoms with E-state index < -0.39 is 11.3 Å². The van der Waals surface area contributed by atoms with Crippen LogP contribution in [0.2, 0.25) is 15.1 Å². The van der Waals surface area contributed by atoms with Gasteiger partial charge in [0.15, 0.2) is 16.8 Å². The molecule has 3 aromatic carbocycles. The van der Waals surface area contributed by atoms with Crippen LogP contribution >= 0.6 is 34.8 Å². The molecule has 1 aromatic heterocycles. The van der Waals surface area contributed by atoms with E-state index >= 15 is 0 Å². The van der Waals surface area contributed by atoms with E-state index in [9.17, 15) is 14.4 Å². The SMILES string of the molecule is O=C(N[C@@H](C=C1CCC(c2ccccc2CN2CCCCC2=O)CC1)Cc1ccc(Cl)cc1)c1cc(=O)c2cc(Cl)cc(Cl)c2o1. The Bertz CT molecular complexity index is 1840. The lowest BCUT2D eigenvalue weighted by atomic mass is 9.79. The van der Waals surface area contributed by atoms with Crippen LogP contribution in [0.5, 0.6) is 0 Å². The van der Waals surface area contributed by atoms with Gasteiger partial charge in [-0.3, -0.25) is 14.4 Å². The third-order valence-corrected chi connectivity index (χ3v) is 9.75. The molecule has 2 fully saturated rings. The number of allylic oxidation sites excluding steroid dienone is 1. The maximum atomic E-state index is 13.5. The number of halogens is 3. The Kier molecular flexibility index (Phi) is 10.2. The first-order valence-electron chi connectivity index (χ1n) is 15.8. The number of benzene rings is 3. The summed E-state index contributed by atoms with van der Waals surface area (Å²) in [5.41, 5.74) is 4.58. The molecule has 0 unspecified atom stereocenters. The molecule has 1 N–H and O–H groups in total. The van der Waals surface area contributed by atoms with Crippen molar-refractivity contribution in [3.05, 3.63) is 126 Å². The third-order valence-electron chi connectivity index (χ3n) is 9.00. The Morgan fingerprint density at radius 2 is 1.70 bits per heavy atom. The molecular formula is C37H35Cl3N2O4. The Morgan fingerprint density at radius 3 is 2.46 bits per heavy atom. The van der Waals surface area contributed by atoms with E-state index in [-0.39, 0.29) is 33.7 Å². The van der Waals surface area contributed by atoms with Crippen LogP contribution in [0.15, 0.2) is 87.6 Å². The van der Waals surface area contributed by atoms with Gasteiger partial charge in [0.25, 0.3) is 5.91 Å². The molecule has 2 aliphatic rings. The van der Waals surface area contributed by atoms with Gasteiger partial charge in [-0.25, -0.2) is 0 Å². The van der Waals surface area contributed by atoms with Gasteiger partial charge in [0.1, 0.15) is 0 Å². The van der Waals surface area contributed by atoms with Crippen molar-refractivity contribution in [3.63, 3.8) is 0 Å². The molecule has 1 aliphatic carbocycles. The summed E-state index contributed by atoms with van der Waals surface area (Å²) >= 11 is 18.5. The predicted octanol–water partition coefficient (Wildman–Crippen LogP) is 8.89. The first kappa shape index (κ1) is 32.4. The van der Waals surface area contributed by atoms with E-state index in [2.05, 4.69) is 35.7 Å². The lowest BCUT2D eigenvalue weighted by molar-refractivity contribution is -0.133. The van der Waals surface area contributed by atoms with Crippen LogP contribution in [0.3, 0.4) is 0 Å². The quantitative estimate of drug-likeness (QED) is 0.189. The summed E-state index contributed by atoms with van der Waals surface area (Å²) in [7, 11) is 0. The van der Waals surface area contributed by atoms with Crippen molar-refractivity contribution in [2.45, 2.75) is 69.9 Å². The van der Waals surface area contributed by atoms with E-state index in [1.165, 1.54) is 34.9 Å². The molecule has 9 heteroatoms. The zero-order chi connectivity index (χ0) is 32.2. The minimum Gasteiger partial charge on any atom is -0.449 e. The number of piperidine rings is 1. The minimum absolute atomic E-state index is 0.117. The van der Waals surface area contributed by atoms with Gasteiger partial charge in [-0.2, -0.15) is 0 Å². The van der Waals surface area contributed by atoms with Crippen LogP contribution < -0.4 is 10.7 Å². The second-order valence-corrected chi connectivity index (χ2v) is 13.5. The molecule has 1 saturated heterocycles. The molecule has 6 nitrogen and oxygen atoms in total. The summed E-state index contributed by atoms with van der Waals surface area (Å²) in [5, 5.41) is 4.41. The minimum atomic E-state index is -0.504. The van der Waals surface area contributed by atoms with E-state index in [1.807, 2.05) is 29.2 Å². The van der Waals surface area contributed by atoms with Gasteiger partial charge in [-0.05, 0) is 91.8 Å². The molecule has 0 spiro atoms. The molecule has 46 heavy (non-hydrogen) atoms. The number of fused-ring (bicyclic) bond motifs is 1. The lowest BCUT2D eigenvalue weighted by Gasteiger charge is -2.31. The molecule has 0 radical (unpaired) electrons. The van der Waals surface area contributed by atoms with Gasteiger partial charge >= 0.3 is 0 Å². The average molecular weight is 678 g/mol. The highest BCUT2D eigenvalue weighted by Gasteiger charge is 2.25. The molecule has 6 rings (SSSR count). The van der Waals surface area contributed by atoms with Crippen LogP contribution in [0.1, 0.15) is 78.1 Å². The summed E-state index contributed by atoms with van der Waals surface area (Å²) < 4.78 is 5.82. The van der Waals surface area contributed by atoms with Crippen molar-refractivity contribution in [1.82, 2.24) is 10.2 Å². The number of amides is 2. The lowest BCUT2D eigenvalue weighted by Crippen LogP contribution is -2.36. The molecule has 238 valence electrons. The van der Waals surface area contributed by atoms with Crippen LogP contribution in [0.25, 0.3) is 11.0 Å². The van der Waals surface area contributed by atoms with E-state index in [0.717, 1.165) is 50.6 Å². The van der Waals surface area contributed by atoms with Gasteiger partial charge in [0.2, 0.25) is 5.91 Å². The Morgan fingerprint density at radius 1 is 0.935 bits per heavy atom. The van der Waals surface area contributed by atoms with Crippen LogP contribution in [-0.2, 0) is 17.8 Å². The summed E-state index contributed by atoms with van der Waals surface area (Å²) in [4.78, 5) is 40.8. The van der Waals surface area contributed by atoms with E-state index in [4.69, 9.17) is 39.2 Å².